The fourth-order valence-electron chi connectivity index (χ4n) is 2.49. The third-order valence-corrected chi connectivity index (χ3v) is 3.45. The number of nitrogens with zero attached hydrogens (tertiary/aromatic N) is 3. The molecule has 7 nitrogen and oxygen atoms in total. The van der Waals surface area contributed by atoms with E-state index in [9.17, 15) is 4.79 Å². The lowest BCUT2D eigenvalue weighted by molar-refractivity contribution is 0.0137. The second-order valence-electron chi connectivity index (χ2n) is 6.36. The van der Waals surface area contributed by atoms with E-state index >= 15 is 0 Å². The van der Waals surface area contributed by atoms with Gasteiger partial charge in [-0.3, -0.25) is 4.99 Å². The van der Waals surface area contributed by atoms with E-state index in [1.807, 2.05) is 20.8 Å². The van der Waals surface area contributed by atoms with Crippen LogP contribution in [0.4, 0.5) is 4.79 Å². The van der Waals surface area contributed by atoms with Gasteiger partial charge in [0.1, 0.15) is 5.60 Å². The maximum Gasteiger partial charge on any atom is 0.410 e. The minimum atomic E-state index is -0.451. The first-order valence-corrected chi connectivity index (χ1v) is 7.42. The standard InChI is InChI=1S/C14H26N4O3.HI/c1-14(2,3)21-13(19)17-6-7-18-11(10-17)9-16-12(18)15-5-8-20-4;/h11H,5-10H2,1-4H3,(H,15,16);1H. The molecule has 0 aromatic rings. The SMILES string of the molecule is COCCNC1=NCC2CN(C(=O)OC(C)(C)C)CCN12.I. The van der Waals surface area contributed by atoms with Crippen molar-refractivity contribution in [2.75, 3.05) is 46.4 Å². The number of guanidine groups is 1. The molecule has 1 atom stereocenters. The van der Waals surface area contributed by atoms with Crippen LogP contribution >= 0.6 is 24.0 Å². The third kappa shape index (κ3) is 5.15. The number of amides is 1. The van der Waals surface area contributed by atoms with Crippen LogP contribution in [-0.2, 0) is 9.47 Å². The van der Waals surface area contributed by atoms with E-state index in [2.05, 4.69) is 15.2 Å². The van der Waals surface area contributed by atoms with Crippen molar-refractivity contribution in [3.05, 3.63) is 0 Å². The van der Waals surface area contributed by atoms with Crippen molar-refractivity contribution in [2.24, 2.45) is 4.99 Å². The van der Waals surface area contributed by atoms with Crippen molar-refractivity contribution < 1.29 is 14.3 Å². The molecule has 1 amide bonds. The predicted octanol–water partition coefficient (Wildman–Crippen LogP) is 1.13. The summed E-state index contributed by atoms with van der Waals surface area (Å²) in [7, 11) is 1.68. The van der Waals surface area contributed by atoms with Crippen molar-refractivity contribution >= 4 is 36.0 Å². The van der Waals surface area contributed by atoms with E-state index < -0.39 is 5.60 Å². The Hall–Kier alpha value is -0.770. The van der Waals surface area contributed by atoms with Crippen LogP contribution in [0.25, 0.3) is 0 Å². The summed E-state index contributed by atoms with van der Waals surface area (Å²) in [6.07, 6.45) is -0.233. The van der Waals surface area contributed by atoms with Crippen LogP contribution < -0.4 is 5.32 Å². The smallest absolute Gasteiger partial charge is 0.410 e. The summed E-state index contributed by atoms with van der Waals surface area (Å²) in [6, 6.07) is 0.247. The van der Waals surface area contributed by atoms with Crippen LogP contribution in [0.1, 0.15) is 20.8 Å². The van der Waals surface area contributed by atoms with Crippen molar-refractivity contribution in [1.82, 2.24) is 15.1 Å². The van der Waals surface area contributed by atoms with E-state index in [4.69, 9.17) is 9.47 Å². The maximum atomic E-state index is 12.1. The Morgan fingerprint density at radius 1 is 1.41 bits per heavy atom. The van der Waals surface area contributed by atoms with Crippen molar-refractivity contribution in [3.63, 3.8) is 0 Å². The molecule has 2 aliphatic heterocycles. The number of hydrogen-bond donors (Lipinski definition) is 1. The number of ether oxygens (including phenoxy) is 2. The summed E-state index contributed by atoms with van der Waals surface area (Å²) in [6.45, 7) is 9.88. The second kappa shape index (κ2) is 8.19. The molecule has 8 heteroatoms. The van der Waals surface area contributed by atoms with Gasteiger partial charge in [-0.2, -0.15) is 0 Å². The fraction of sp³-hybridized carbons (Fsp3) is 0.857. The van der Waals surface area contributed by atoms with Crippen molar-refractivity contribution in [1.29, 1.82) is 0 Å². The Balaban J connectivity index is 0.00000242. The monoisotopic (exact) mass is 426 g/mol. The fourth-order valence-corrected chi connectivity index (χ4v) is 2.49. The van der Waals surface area contributed by atoms with Crippen LogP contribution in [0.15, 0.2) is 4.99 Å². The van der Waals surface area contributed by atoms with Crippen molar-refractivity contribution in [3.8, 4) is 0 Å². The van der Waals surface area contributed by atoms with Gasteiger partial charge in [0.05, 0.1) is 19.2 Å². The third-order valence-electron chi connectivity index (χ3n) is 3.45. The number of carbonyl (C=O) groups excluding carboxylic acids is 1. The highest BCUT2D eigenvalue weighted by Gasteiger charge is 2.36. The molecule has 1 fully saturated rings. The minimum Gasteiger partial charge on any atom is -0.444 e. The Morgan fingerprint density at radius 3 is 2.77 bits per heavy atom. The van der Waals surface area contributed by atoms with Gasteiger partial charge in [-0.25, -0.2) is 4.79 Å². The number of fused-ring (bicyclic) bond motifs is 1. The minimum absolute atomic E-state index is 0. The summed E-state index contributed by atoms with van der Waals surface area (Å²) in [5.41, 5.74) is -0.451. The van der Waals surface area contributed by atoms with Crippen LogP contribution in [-0.4, -0.2) is 79.9 Å². The lowest BCUT2D eigenvalue weighted by Gasteiger charge is -2.39. The Labute approximate surface area is 149 Å². The quantitative estimate of drug-likeness (QED) is 0.542. The Bertz CT molecular complexity index is 411. The zero-order valence-corrected chi connectivity index (χ0v) is 16.1. The largest absolute Gasteiger partial charge is 0.444 e. The highest BCUT2D eigenvalue weighted by Crippen LogP contribution is 2.18. The topological polar surface area (TPSA) is 66.4 Å². The van der Waals surface area contributed by atoms with E-state index in [1.165, 1.54) is 0 Å². The molecular formula is C14H27IN4O3. The molecule has 1 saturated heterocycles. The number of aliphatic imine (C=N–C) groups is 1. The van der Waals surface area contributed by atoms with Crippen LogP contribution in [0, 0.1) is 0 Å². The van der Waals surface area contributed by atoms with Gasteiger partial charge in [-0.05, 0) is 20.8 Å². The summed E-state index contributed by atoms with van der Waals surface area (Å²) < 4.78 is 10.5. The number of carbonyl (C=O) groups is 1. The van der Waals surface area contributed by atoms with E-state index in [0.717, 1.165) is 19.0 Å². The van der Waals surface area contributed by atoms with Crippen LogP contribution in [0.5, 0.6) is 0 Å². The first-order chi connectivity index (χ1) is 9.90. The molecule has 0 aliphatic carbocycles. The number of nitrogens with one attached hydrogen (secondary N) is 1. The number of methoxy groups -OCH3 is 1. The molecule has 0 bridgehead atoms. The normalized spacial score (nSPS) is 20.9. The van der Waals surface area contributed by atoms with Gasteiger partial charge < -0.3 is 24.6 Å². The zero-order chi connectivity index (χ0) is 15.5. The highest BCUT2D eigenvalue weighted by molar-refractivity contribution is 14.0. The highest BCUT2D eigenvalue weighted by atomic mass is 127. The van der Waals surface area contributed by atoms with Crippen LogP contribution in [0.3, 0.4) is 0 Å². The van der Waals surface area contributed by atoms with Crippen LogP contribution in [0.2, 0.25) is 0 Å². The lowest BCUT2D eigenvalue weighted by Crippen LogP contribution is -2.57. The molecule has 1 N–H and O–H groups in total. The number of rotatable bonds is 3. The summed E-state index contributed by atoms with van der Waals surface area (Å²) in [5, 5.41) is 3.28. The molecule has 2 aliphatic rings. The molecule has 0 saturated carbocycles. The molecular weight excluding hydrogens is 399 g/mol. The number of piperazine rings is 1. The van der Waals surface area contributed by atoms with Gasteiger partial charge in [0, 0.05) is 33.3 Å². The average Bonchev–Trinajstić information content (AvgIpc) is 2.80. The Kier molecular flexibility index (Phi) is 7.17. The molecule has 22 heavy (non-hydrogen) atoms. The van der Waals surface area contributed by atoms with Gasteiger partial charge >= 0.3 is 6.09 Å². The molecule has 0 aromatic heterocycles. The maximum absolute atomic E-state index is 12.1. The lowest BCUT2D eigenvalue weighted by atomic mass is 10.2. The Morgan fingerprint density at radius 2 is 2.14 bits per heavy atom. The summed E-state index contributed by atoms with van der Waals surface area (Å²) in [4.78, 5) is 20.6. The van der Waals surface area contributed by atoms with Gasteiger partial charge in [0.15, 0.2) is 5.96 Å². The first kappa shape index (κ1) is 19.3. The number of hydrogen-bond acceptors (Lipinski definition) is 6. The summed E-state index contributed by atoms with van der Waals surface area (Å²) >= 11 is 0. The molecule has 0 aromatic carbocycles. The van der Waals surface area contributed by atoms with E-state index in [-0.39, 0.29) is 36.1 Å². The first-order valence-electron chi connectivity index (χ1n) is 7.42. The molecule has 0 radical (unpaired) electrons. The van der Waals surface area contributed by atoms with E-state index in [0.29, 0.717) is 26.2 Å². The zero-order valence-electron chi connectivity index (χ0n) is 13.8. The second-order valence-corrected chi connectivity index (χ2v) is 6.36. The molecule has 0 spiro atoms. The average molecular weight is 426 g/mol. The predicted molar refractivity (Wildman–Crippen MR) is 95.9 cm³/mol. The van der Waals surface area contributed by atoms with Gasteiger partial charge in [0.25, 0.3) is 0 Å². The van der Waals surface area contributed by atoms with Gasteiger partial charge in [-0.1, -0.05) is 0 Å². The molecule has 1 unspecified atom stereocenters. The number of halogens is 1. The molecule has 2 heterocycles. The van der Waals surface area contributed by atoms with E-state index in [1.54, 1.807) is 12.0 Å². The molecule has 128 valence electrons. The van der Waals surface area contributed by atoms with Crippen molar-refractivity contribution in [2.45, 2.75) is 32.4 Å². The van der Waals surface area contributed by atoms with Gasteiger partial charge in [-0.15, -0.1) is 24.0 Å². The van der Waals surface area contributed by atoms with Gasteiger partial charge in [0.2, 0.25) is 0 Å². The molecule has 2 rings (SSSR count). The summed E-state index contributed by atoms with van der Waals surface area (Å²) in [5.74, 6) is 0.917.